The summed E-state index contributed by atoms with van der Waals surface area (Å²) in [6, 6.07) is 5.02. The van der Waals surface area contributed by atoms with Crippen LogP contribution in [0.25, 0.3) is 6.08 Å². The van der Waals surface area contributed by atoms with Crippen molar-refractivity contribution in [3.63, 3.8) is 0 Å². The van der Waals surface area contributed by atoms with Crippen molar-refractivity contribution in [3.05, 3.63) is 35.4 Å². The van der Waals surface area contributed by atoms with Crippen LogP contribution in [0.2, 0.25) is 0 Å². The first-order valence-corrected chi connectivity index (χ1v) is 4.36. The molecule has 1 rings (SSSR count). The smallest absolute Gasteiger partial charge is 0.328 e. The second-order valence-corrected chi connectivity index (χ2v) is 2.91. The predicted octanol–water partition coefficient (Wildman–Crippen LogP) is 2.05. The number of aryl methyl sites for hydroxylation is 1. The number of carbonyl (C=O) groups is 1. The van der Waals surface area contributed by atoms with E-state index in [0.29, 0.717) is 0 Å². The van der Waals surface area contributed by atoms with Crippen LogP contribution in [-0.2, 0) is 11.2 Å². The van der Waals surface area contributed by atoms with Crippen LogP contribution in [-0.4, -0.2) is 16.2 Å². The molecule has 2 N–H and O–H groups in total. The van der Waals surface area contributed by atoms with E-state index in [0.717, 1.165) is 23.6 Å². The lowest BCUT2D eigenvalue weighted by atomic mass is 10.1. The van der Waals surface area contributed by atoms with Crippen LogP contribution >= 0.6 is 0 Å². The minimum atomic E-state index is -0.976. The molecule has 0 atom stereocenters. The molecule has 0 aliphatic carbocycles. The van der Waals surface area contributed by atoms with Crippen molar-refractivity contribution in [2.24, 2.45) is 0 Å². The Morgan fingerprint density at radius 3 is 2.79 bits per heavy atom. The topological polar surface area (TPSA) is 57.5 Å². The quantitative estimate of drug-likeness (QED) is 0.720. The third kappa shape index (κ3) is 2.62. The lowest BCUT2D eigenvalue weighted by Gasteiger charge is -2.01. The Bertz CT molecular complexity index is 367. The first-order chi connectivity index (χ1) is 6.63. The van der Waals surface area contributed by atoms with Gasteiger partial charge in [-0.15, -0.1) is 0 Å². The Hall–Kier alpha value is -1.77. The Labute approximate surface area is 82.3 Å². The van der Waals surface area contributed by atoms with Gasteiger partial charge in [-0.05, 0) is 35.8 Å². The highest BCUT2D eigenvalue weighted by Crippen LogP contribution is 2.19. The lowest BCUT2D eigenvalue weighted by molar-refractivity contribution is -0.131. The van der Waals surface area contributed by atoms with Crippen LogP contribution in [0, 0.1) is 0 Å². The fourth-order valence-electron chi connectivity index (χ4n) is 1.16. The van der Waals surface area contributed by atoms with Crippen molar-refractivity contribution in [2.75, 3.05) is 0 Å². The summed E-state index contributed by atoms with van der Waals surface area (Å²) in [6.07, 6.45) is 3.30. The summed E-state index contributed by atoms with van der Waals surface area (Å²) in [6.45, 7) is 1.93. The number of carboxylic acid groups (broad SMARTS) is 1. The number of aromatic hydroxyl groups is 1. The highest BCUT2D eigenvalue weighted by molar-refractivity contribution is 5.85. The van der Waals surface area contributed by atoms with E-state index in [-0.39, 0.29) is 5.75 Å². The molecule has 1 aromatic carbocycles. The minimum Gasteiger partial charge on any atom is -0.508 e. The summed E-state index contributed by atoms with van der Waals surface area (Å²) in [5.74, 6) is -0.726. The summed E-state index contributed by atoms with van der Waals surface area (Å²) in [7, 11) is 0. The van der Waals surface area contributed by atoms with Gasteiger partial charge >= 0.3 is 5.97 Å². The number of aliphatic carboxylic acids is 1. The van der Waals surface area contributed by atoms with Crippen LogP contribution in [0.15, 0.2) is 24.3 Å². The van der Waals surface area contributed by atoms with Crippen molar-refractivity contribution in [3.8, 4) is 5.75 Å². The van der Waals surface area contributed by atoms with E-state index in [2.05, 4.69) is 0 Å². The van der Waals surface area contributed by atoms with Crippen molar-refractivity contribution in [1.82, 2.24) is 0 Å². The molecule has 0 fully saturated rings. The maximum Gasteiger partial charge on any atom is 0.328 e. The van der Waals surface area contributed by atoms with Crippen LogP contribution in [0.4, 0.5) is 0 Å². The fraction of sp³-hybridized carbons (Fsp3) is 0.182. The molecule has 0 aliphatic rings. The van der Waals surface area contributed by atoms with Gasteiger partial charge in [0.05, 0.1) is 0 Å². The fourth-order valence-corrected chi connectivity index (χ4v) is 1.16. The van der Waals surface area contributed by atoms with E-state index in [9.17, 15) is 9.90 Å². The zero-order valence-electron chi connectivity index (χ0n) is 7.90. The molecule has 0 heterocycles. The van der Waals surface area contributed by atoms with Crippen molar-refractivity contribution >= 4 is 12.0 Å². The Morgan fingerprint density at radius 2 is 2.21 bits per heavy atom. The predicted molar refractivity (Wildman–Crippen MR) is 54.2 cm³/mol. The molecule has 3 heteroatoms. The molecule has 74 valence electrons. The highest BCUT2D eigenvalue weighted by Gasteiger charge is 1.98. The van der Waals surface area contributed by atoms with Gasteiger partial charge in [0.2, 0.25) is 0 Å². The largest absolute Gasteiger partial charge is 0.508 e. The average molecular weight is 192 g/mol. The maximum atomic E-state index is 10.3. The van der Waals surface area contributed by atoms with E-state index >= 15 is 0 Å². The molecule has 3 nitrogen and oxygen atoms in total. The Morgan fingerprint density at radius 1 is 1.50 bits per heavy atom. The minimum absolute atomic E-state index is 0.250. The molecule has 0 aromatic heterocycles. The van der Waals surface area contributed by atoms with Crippen molar-refractivity contribution in [1.29, 1.82) is 0 Å². The SMILES string of the molecule is CCc1cc(C=CC(=O)O)ccc1O. The number of carboxylic acids is 1. The number of benzene rings is 1. The standard InChI is InChI=1S/C11H12O3/c1-2-9-7-8(3-5-10(9)12)4-6-11(13)14/h3-7,12H,2H2,1H3,(H,13,14). The average Bonchev–Trinajstić information content (AvgIpc) is 2.16. The van der Waals surface area contributed by atoms with Gasteiger partial charge in [-0.3, -0.25) is 0 Å². The molecule has 0 saturated carbocycles. The van der Waals surface area contributed by atoms with Gasteiger partial charge in [0, 0.05) is 6.08 Å². The van der Waals surface area contributed by atoms with E-state index in [1.165, 1.54) is 6.08 Å². The van der Waals surface area contributed by atoms with Gasteiger partial charge in [-0.2, -0.15) is 0 Å². The van der Waals surface area contributed by atoms with Crippen molar-refractivity contribution in [2.45, 2.75) is 13.3 Å². The van der Waals surface area contributed by atoms with Gasteiger partial charge in [0.1, 0.15) is 5.75 Å². The highest BCUT2D eigenvalue weighted by atomic mass is 16.4. The third-order valence-corrected chi connectivity index (χ3v) is 1.90. The molecule has 0 spiro atoms. The van der Waals surface area contributed by atoms with Gasteiger partial charge in [-0.1, -0.05) is 13.0 Å². The first-order valence-electron chi connectivity index (χ1n) is 4.36. The van der Waals surface area contributed by atoms with Gasteiger partial charge in [0.15, 0.2) is 0 Å². The normalized spacial score (nSPS) is 10.6. The lowest BCUT2D eigenvalue weighted by Crippen LogP contribution is -1.87. The molecule has 0 saturated heterocycles. The summed E-state index contributed by atoms with van der Waals surface area (Å²) in [5, 5.41) is 17.8. The van der Waals surface area contributed by atoms with E-state index < -0.39 is 5.97 Å². The number of phenols is 1. The monoisotopic (exact) mass is 192 g/mol. The number of hydrogen-bond acceptors (Lipinski definition) is 2. The zero-order chi connectivity index (χ0) is 10.6. The summed E-state index contributed by atoms with van der Waals surface area (Å²) in [4.78, 5) is 10.3. The summed E-state index contributed by atoms with van der Waals surface area (Å²) in [5.41, 5.74) is 1.60. The maximum absolute atomic E-state index is 10.3. The molecular formula is C11H12O3. The second kappa shape index (κ2) is 4.46. The Kier molecular flexibility index (Phi) is 3.29. The molecule has 0 radical (unpaired) electrons. The first kappa shape index (κ1) is 10.3. The molecule has 0 aliphatic heterocycles. The van der Waals surface area contributed by atoms with E-state index in [4.69, 9.17) is 5.11 Å². The third-order valence-electron chi connectivity index (χ3n) is 1.90. The number of phenolic OH excluding ortho intramolecular Hbond substituents is 1. The molecule has 14 heavy (non-hydrogen) atoms. The van der Waals surface area contributed by atoms with Crippen LogP contribution < -0.4 is 0 Å². The van der Waals surface area contributed by atoms with Gasteiger partial charge in [-0.25, -0.2) is 4.79 Å². The molecule has 0 bridgehead atoms. The summed E-state index contributed by atoms with van der Waals surface area (Å²) >= 11 is 0. The zero-order valence-corrected chi connectivity index (χ0v) is 7.90. The molecule has 0 amide bonds. The number of hydrogen-bond donors (Lipinski definition) is 2. The van der Waals surface area contributed by atoms with Gasteiger partial charge in [0.25, 0.3) is 0 Å². The Balaban J connectivity index is 2.95. The van der Waals surface area contributed by atoms with Gasteiger partial charge < -0.3 is 10.2 Å². The van der Waals surface area contributed by atoms with E-state index in [1.807, 2.05) is 6.92 Å². The molecule has 0 unspecified atom stereocenters. The van der Waals surface area contributed by atoms with Crippen molar-refractivity contribution < 1.29 is 15.0 Å². The molecule has 1 aromatic rings. The molecular weight excluding hydrogens is 180 g/mol. The van der Waals surface area contributed by atoms with Crippen LogP contribution in [0.3, 0.4) is 0 Å². The second-order valence-electron chi connectivity index (χ2n) is 2.91. The van der Waals surface area contributed by atoms with Crippen LogP contribution in [0.1, 0.15) is 18.1 Å². The summed E-state index contributed by atoms with van der Waals surface area (Å²) < 4.78 is 0. The number of rotatable bonds is 3. The van der Waals surface area contributed by atoms with E-state index in [1.54, 1.807) is 18.2 Å². The van der Waals surface area contributed by atoms with Crippen LogP contribution in [0.5, 0.6) is 5.75 Å².